The maximum Gasteiger partial charge on any atom is 0.0931 e. The highest BCUT2D eigenvalue weighted by atomic mass is 35.5. The van der Waals surface area contributed by atoms with Gasteiger partial charge in [-0.2, -0.15) is 0 Å². The average Bonchev–Trinajstić information content (AvgIpc) is 2.85. The largest absolute Gasteiger partial charge is 0.271 e. The van der Waals surface area contributed by atoms with Crippen molar-refractivity contribution < 1.29 is 0 Å². The van der Waals surface area contributed by atoms with Crippen LogP contribution in [-0.2, 0) is 6.42 Å². The van der Waals surface area contributed by atoms with Gasteiger partial charge in [0.05, 0.1) is 4.34 Å². The Morgan fingerprint density at radius 1 is 1.21 bits per heavy atom. The summed E-state index contributed by atoms with van der Waals surface area (Å²) in [6, 6.07) is 14.8. The monoisotopic (exact) mass is 294 g/mol. The predicted octanol–water partition coefficient (Wildman–Crippen LogP) is 3.97. The van der Waals surface area contributed by atoms with E-state index in [1.165, 1.54) is 10.4 Å². The zero-order valence-corrected chi connectivity index (χ0v) is 12.5. The Balaban J connectivity index is 2.15. The summed E-state index contributed by atoms with van der Waals surface area (Å²) >= 11 is 7.61. The van der Waals surface area contributed by atoms with Crippen LogP contribution in [0.3, 0.4) is 0 Å². The van der Waals surface area contributed by atoms with Crippen molar-refractivity contribution in [2.45, 2.75) is 31.7 Å². The SMILES string of the molecule is CCC(c1ccccc1)C(Cc1ccc(Cl)s1)NN. The lowest BCUT2D eigenvalue weighted by Gasteiger charge is -2.25. The summed E-state index contributed by atoms with van der Waals surface area (Å²) < 4.78 is 0.832. The third-order valence-electron chi connectivity index (χ3n) is 3.42. The van der Waals surface area contributed by atoms with Crippen molar-refractivity contribution in [3.05, 3.63) is 57.2 Å². The van der Waals surface area contributed by atoms with E-state index in [0.29, 0.717) is 5.92 Å². The fraction of sp³-hybridized carbons (Fsp3) is 0.333. The summed E-state index contributed by atoms with van der Waals surface area (Å²) in [4.78, 5) is 1.27. The van der Waals surface area contributed by atoms with Crippen molar-refractivity contribution in [2.24, 2.45) is 5.84 Å². The molecule has 0 aliphatic carbocycles. The van der Waals surface area contributed by atoms with Gasteiger partial charge in [-0.3, -0.25) is 11.3 Å². The molecule has 0 aliphatic heterocycles. The molecule has 3 N–H and O–H groups in total. The molecule has 0 spiro atoms. The second-order valence-electron chi connectivity index (χ2n) is 4.61. The summed E-state index contributed by atoms with van der Waals surface area (Å²) in [5.74, 6) is 6.17. The zero-order valence-electron chi connectivity index (χ0n) is 11.0. The van der Waals surface area contributed by atoms with Gasteiger partial charge >= 0.3 is 0 Å². The van der Waals surface area contributed by atoms with E-state index in [4.69, 9.17) is 17.4 Å². The third-order valence-corrected chi connectivity index (χ3v) is 4.67. The Kier molecular flexibility index (Phi) is 5.40. The van der Waals surface area contributed by atoms with Gasteiger partial charge in [0, 0.05) is 16.8 Å². The van der Waals surface area contributed by atoms with Crippen LogP contribution in [0.15, 0.2) is 42.5 Å². The first-order valence-electron chi connectivity index (χ1n) is 6.50. The standard InChI is InChI=1S/C15H19ClN2S/c1-2-13(11-6-4-3-5-7-11)14(18-17)10-12-8-9-15(16)19-12/h3-9,13-14,18H,2,10,17H2,1H3. The van der Waals surface area contributed by atoms with Crippen molar-refractivity contribution in [1.29, 1.82) is 0 Å². The van der Waals surface area contributed by atoms with E-state index in [0.717, 1.165) is 17.2 Å². The number of rotatable bonds is 6. The second-order valence-corrected chi connectivity index (χ2v) is 6.41. The van der Waals surface area contributed by atoms with Gasteiger partial charge in [-0.05, 0) is 30.5 Å². The summed E-state index contributed by atoms with van der Waals surface area (Å²) in [7, 11) is 0. The highest BCUT2D eigenvalue weighted by Crippen LogP contribution is 2.28. The molecule has 2 rings (SSSR count). The molecular formula is C15H19ClN2S. The minimum absolute atomic E-state index is 0.224. The van der Waals surface area contributed by atoms with E-state index >= 15 is 0 Å². The number of nitrogens with two attached hydrogens (primary N) is 1. The summed E-state index contributed by atoms with van der Waals surface area (Å²) in [6.07, 6.45) is 1.96. The second kappa shape index (κ2) is 7.06. The molecule has 2 atom stereocenters. The maximum absolute atomic E-state index is 5.98. The number of halogens is 1. The van der Waals surface area contributed by atoms with E-state index in [1.54, 1.807) is 11.3 Å². The van der Waals surface area contributed by atoms with Crippen molar-refractivity contribution in [2.75, 3.05) is 0 Å². The molecule has 4 heteroatoms. The van der Waals surface area contributed by atoms with Gasteiger partial charge in [0.2, 0.25) is 0 Å². The molecule has 102 valence electrons. The van der Waals surface area contributed by atoms with Crippen molar-refractivity contribution in [3.8, 4) is 0 Å². The Morgan fingerprint density at radius 2 is 1.95 bits per heavy atom. The van der Waals surface area contributed by atoms with Crippen LogP contribution in [0.5, 0.6) is 0 Å². The zero-order chi connectivity index (χ0) is 13.7. The molecule has 19 heavy (non-hydrogen) atoms. The quantitative estimate of drug-likeness (QED) is 0.625. The molecular weight excluding hydrogens is 276 g/mol. The van der Waals surface area contributed by atoms with Crippen molar-refractivity contribution >= 4 is 22.9 Å². The minimum Gasteiger partial charge on any atom is -0.271 e. The summed E-state index contributed by atoms with van der Waals surface area (Å²) in [5, 5.41) is 0. The number of thiophene rings is 1. The first-order chi connectivity index (χ1) is 9.24. The first-order valence-corrected chi connectivity index (χ1v) is 7.69. The van der Waals surface area contributed by atoms with Crippen LogP contribution in [0, 0.1) is 0 Å². The predicted molar refractivity (Wildman–Crippen MR) is 83.6 cm³/mol. The van der Waals surface area contributed by atoms with Crippen LogP contribution >= 0.6 is 22.9 Å². The Bertz CT molecular complexity index is 498. The van der Waals surface area contributed by atoms with Crippen LogP contribution < -0.4 is 11.3 Å². The van der Waals surface area contributed by atoms with Crippen LogP contribution in [0.2, 0.25) is 4.34 Å². The molecule has 1 aromatic carbocycles. The molecule has 0 saturated heterocycles. The molecule has 0 amide bonds. The van der Waals surface area contributed by atoms with Crippen LogP contribution in [0.4, 0.5) is 0 Å². The summed E-state index contributed by atoms with van der Waals surface area (Å²) in [6.45, 7) is 2.20. The van der Waals surface area contributed by atoms with E-state index in [1.807, 2.05) is 12.1 Å². The van der Waals surface area contributed by atoms with Crippen LogP contribution in [0.25, 0.3) is 0 Å². The molecule has 1 aromatic heterocycles. The molecule has 0 fully saturated rings. The highest BCUT2D eigenvalue weighted by Gasteiger charge is 2.21. The number of hydrogen-bond acceptors (Lipinski definition) is 3. The fourth-order valence-corrected chi connectivity index (χ4v) is 3.59. The van der Waals surface area contributed by atoms with E-state index in [2.05, 4.69) is 42.7 Å². The lowest BCUT2D eigenvalue weighted by atomic mass is 9.87. The van der Waals surface area contributed by atoms with E-state index in [9.17, 15) is 0 Å². The lowest BCUT2D eigenvalue weighted by molar-refractivity contribution is 0.429. The molecule has 2 aromatic rings. The number of hydrazine groups is 1. The van der Waals surface area contributed by atoms with Crippen LogP contribution in [-0.4, -0.2) is 6.04 Å². The van der Waals surface area contributed by atoms with Gasteiger partial charge in [0.15, 0.2) is 0 Å². The maximum atomic E-state index is 5.98. The van der Waals surface area contributed by atoms with Crippen LogP contribution in [0.1, 0.15) is 29.7 Å². The highest BCUT2D eigenvalue weighted by molar-refractivity contribution is 7.16. The van der Waals surface area contributed by atoms with E-state index < -0.39 is 0 Å². The molecule has 2 nitrogen and oxygen atoms in total. The average molecular weight is 295 g/mol. The van der Waals surface area contributed by atoms with Gasteiger partial charge in [-0.25, -0.2) is 0 Å². The Hall–Kier alpha value is -0.870. The topological polar surface area (TPSA) is 38.0 Å². The fourth-order valence-electron chi connectivity index (χ4n) is 2.45. The van der Waals surface area contributed by atoms with Crippen molar-refractivity contribution in [1.82, 2.24) is 5.43 Å². The third kappa shape index (κ3) is 3.80. The number of nitrogens with one attached hydrogen (secondary N) is 1. The molecule has 2 unspecified atom stereocenters. The molecule has 0 saturated carbocycles. The van der Waals surface area contributed by atoms with Gasteiger partial charge in [0.1, 0.15) is 0 Å². The minimum atomic E-state index is 0.224. The van der Waals surface area contributed by atoms with E-state index in [-0.39, 0.29) is 6.04 Å². The van der Waals surface area contributed by atoms with Gasteiger partial charge in [-0.1, -0.05) is 48.9 Å². The Labute approximate surface area is 123 Å². The normalized spacial score (nSPS) is 14.3. The number of hydrogen-bond donors (Lipinski definition) is 2. The summed E-state index contributed by atoms with van der Waals surface area (Å²) in [5.41, 5.74) is 4.30. The molecule has 0 radical (unpaired) electrons. The smallest absolute Gasteiger partial charge is 0.0931 e. The van der Waals surface area contributed by atoms with Gasteiger partial charge in [0.25, 0.3) is 0 Å². The molecule has 1 heterocycles. The Morgan fingerprint density at radius 3 is 2.47 bits per heavy atom. The van der Waals surface area contributed by atoms with Gasteiger partial charge < -0.3 is 0 Å². The lowest BCUT2D eigenvalue weighted by Crippen LogP contribution is -2.41. The number of benzene rings is 1. The van der Waals surface area contributed by atoms with Crippen molar-refractivity contribution in [3.63, 3.8) is 0 Å². The van der Waals surface area contributed by atoms with Gasteiger partial charge in [-0.15, -0.1) is 11.3 Å². The molecule has 0 bridgehead atoms. The molecule has 0 aliphatic rings. The first kappa shape index (κ1) is 14.5.